The van der Waals surface area contributed by atoms with Crippen molar-refractivity contribution in [3.8, 4) is 11.3 Å². The topological polar surface area (TPSA) is 54.2 Å². The zero-order chi connectivity index (χ0) is 15.6. The fraction of sp³-hybridized carbons (Fsp3) is 0.412. The Kier molecular flexibility index (Phi) is 3.91. The third-order valence-electron chi connectivity index (χ3n) is 4.51. The molecule has 2 N–H and O–H groups in total. The molecule has 6 heteroatoms. The second kappa shape index (κ2) is 6.20. The lowest BCUT2D eigenvalue weighted by molar-refractivity contribution is 0.461. The van der Waals surface area contributed by atoms with Crippen LogP contribution >= 0.6 is 11.3 Å². The Labute approximate surface area is 139 Å². The second-order valence-electron chi connectivity index (χ2n) is 6.06. The van der Waals surface area contributed by atoms with Crippen LogP contribution in [0.1, 0.15) is 32.1 Å². The average molecular weight is 327 g/mol. The number of hydrogen-bond acceptors (Lipinski definition) is 5. The summed E-state index contributed by atoms with van der Waals surface area (Å²) in [6, 6.07) is 4.70. The Morgan fingerprint density at radius 2 is 2.13 bits per heavy atom. The summed E-state index contributed by atoms with van der Waals surface area (Å²) in [5.74, 6) is 0.920. The van der Waals surface area contributed by atoms with E-state index in [2.05, 4.69) is 38.5 Å². The molecule has 3 aromatic heterocycles. The van der Waals surface area contributed by atoms with E-state index in [1.807, 2.05) is 17.8 Å². The summed E-state index contributed by atoms with van der Waals surface area (Å²) in [6.07, 6.45) is 8.34. The van der Waals surface area contributed by atoms with Crippen LogP contribution in [0.25, 0.3) is 16.9 Å². The molecule has 0 aromatic carbocycles. The molecule has 23 heavy (non-hydrogen) atoms. The van der Waals surface area contributed by atoms with Crippen molar-refractivity contribution < 1.29 is 0 Å². The van der Waals surface area contributed by atoms with Crippen LogP contribution in [0.5, 0.6) is 0 Å². The van der Waals surface area contributed by atoms with Crippen LogP contribution in [0.15, 0.2) is 29.1 Å². The second-order valence-corrected chi connectivity index (χ2v) is 6.84. The first kappa shape index (κ1) is 14.5. The molecule has 0 amide bonds. The number of hydrogen-bond donors (Lipinski definition) is 2. The summed E-state index contributed by atoms with van der Waals surface area (Å²) in [7, 11) is 1.93. The minimum atomic E-state index is 0.534. The Bertz CT molecular complexity index is 787. The Balaban J connectivity index is 1.74. The fourth-order valence-electron chi connectivity index (χ4n) is 3.29. The lowest BCUT2D eigenvalue weighted by atomic mass is 9.95. The van der Waals surface area contributed by atoms with Gasteiger partial charge < -0.3 is 10.6 Å². The smallest absolute Gasteiger partial charge is 0.177 e. The molecule has 0 spiro atoms. The van der Waals surface area contributed by atoms with Crippen molar-refractivity contribution in [3.05, 3.63) is 29.1 Å². The molecule has 5 nitrogen and oxygen atoms in total. The largest absolute Gasteiger partial charge is 0.385 e. The molecule has 0 aliphatic heterocycles. The van der Waals surface area contributed by atoms with Crippen molar-refractivity contribution >= 4 is 28.5 Å². The summed E-state index contributed by atoms with van der Waals surface area (Å²) in [5.41, 5.74) is 4.06. The standard InChI is InChI=1S/C17H21N5S/c1-18-14-9-16(20-13-5-3-2-4-6-13)21-22-15(10-19-17(14)22)12-7-8-23-11-12/h7-11,13,18H,2-6H2,1H3,(H,20,21). The molecule has 1 saturated carbocycles. The number of rotatable bonds is 4. The van der Waals surface area contributed by atoms with Crippen LogP contribution in [0.2, 0.25) is 0 Å². The summed E-state index contributed by atoms with van der Waals surface area (Å²) in [5, 5.41) is 15.9. The summed E-state index contributed by atoms with van der Waals surface area (Å²) in [4.78, 5) is 4.55. The number of fused-ring (bicyclic) bond motifs is 1. The summed E-state index contributed by atoms with van der Waals surface area (Å²) in [6.45, 7) is 0. The highest BCUT2D eigenvalue weighted by atomic mass is 32.1. The number of thiophene rings is 1. The number of nitrogens with zero attached hydrogens (tertiary/aromatic N) is 3. The van der Waals surface area contributed by atoms with Gasteiger partial charge >= 0.3 is 0 Å². The van der Waals surface area contributed by atoms with E-state index in [-0.39, 0.29) is 0 Å². The Morgan fingerprint density at radius 1 is 1.26 bits per heavy atom. The van der Waals surface area contributed by atoms with E-state index in [0.717, 1.165) is 28.4 Å². The van der Waals surface area contributed by atoms with Gasteiger partial charge in [-0.3, -0.25) is 0 Å². The van der Waals surface area contributed by atoms with Crippen LogP contribution in [0.4, 0.5) is 11.5 Å². The van der Waals surface area contributed by atoms with Gasteiger partial charge in [0.1, 0.15) is 5.82 Å². The predicted octanol–water partition coefficient (Wildman–Crippen LogP) is 4.24. The van der Waals surface area contributed by atoms with E-state index < -0.39 is 0 Å². The van der Waals surface area contributed by atoms with Crippen molar-refractivity contribution in [1.29, 1.82) is 0 Å². The molecule has 0 unspecified atom stereocenters. The van der Waals surface area contributed by atoms with Gasteiger partial charge in [-0.2, -0.15) is 11.3 Å². The van der Waals surface area contributed by atoms with Gasteiger partial charge in [0.25, 0.3) is 0 Å². The molecular formula is C17H21N5S. The van der Waals surface area contributed by atoms with E-state index in [4.69, 9.17) is 5.10 Å². The quantitative estimate of drug-likeness (QED) is 0.752. The maximum atomic E-state index is 4.80. The van der Waals surface area contributed by atoms with E-state index in [9.17, 15) is 0 Å². The number of nitrogens with one attached hydrogen (secondary N) is 2. The fourth-order valence-corrected chi connectivity index (χ4v) is 3.94. The molecular weight excluding hydrogens is 306 g/mol. The van der Waals surface area contributed by atoms with Crippen molar-refractivity contribution in [2.24, 2.45) is 0 Å². The number of imidazole rings is 1. The molecule has 120 valence electrons. The molecule has 4 rings (SSSR count). The minimum Gasteiger partial charge on any atom is -0.385 e. The molecule has 1 aliphatic carbocycles. The van der Waals surface area contributed by atoms with Gasteiger partial charge in [-0.25, -0.2) is 9.50 Å². The lowest BCUT2D eigenvalue weighted by Gasteiger charge is -2.23. The van der Waals surface area contributed by atoms with Crippen molar-refractivity contribution in [3.63, 3.8) is 0 Å². The monoisotopic (exact) mass is 327 g/mol. The van der Waals surface area contributed by atoms with Gasteiger partial charge in [0.2, 0.25) is 0 Å². The van der Waals surface area contributed by atoms with Crippen LogP contribution < -0.4 is 10.6 Å². The molecule has 3 aromatic rings. The molecule has 1 aliphatic rings. The van der Waals surface area contributed by atoms with Crippen LogP contribution in [0, 0.1) is 0 Å². The van der Waals surface area contributed by atoms with Crippen molar-refractivity contribution in [1.82, 2.24) is 14.6 Å². The van der Waals surface area contributed by atoms with Gasteiger partial charge in [-0.05, 0) is 24.3 Å². The lowest BCUT2D eigenvalue weighted by Crippen LogP contribution is -2.23. The summed E-state index contributed by atoms with van der Waals surface area (Å²) < 4.78 is 1.94. The maximum absolute atomic E-state index is 4.80. The first-order chi connectivity index (χ1) is 11.3. The van der Waals surface area contributed by atoms with E-state index in [1.165, 1.54) is 32.1 Å². The maximum Gasteiger partial charge on any atom is 0.177 e. The van der Waals surface area contributed by atoms with Gasteiger partial charge in [0.15, 0.2) is 5.65 Å². The highest BCUT2D eigenvalue weighted by Gasteiger charge is 2.16. The van der Waals surface area contributed by atoms with Gasteiger partial charge in [-0.1, -0.05) is 19.3 Å². The van der Waals surface area contributed by atoms with Crippen LogP contribution in [0.3, 0.4) is 0 Å². The molecule has 1 fully saturated rings. The van der Waals surface area contributed by atoms with Crippen molar-refractivity contribution in [2.45, 2.75) is 38.1 Å². The molecule has 0 radical (unpaired) electrons. The SMILES string of the molecule is CNc1cc(NC2CCCCC2)nn2c(-c3ccsc3)cnc12. The van der Waals surface area contributed by atoms with E-state index in [0.29, 0.717) is 6.04 Å². The minimum absolute atomic E-state index is 0.534. The molecule has 0 saturated heterocycles. The Morgan fingerprint density at radius 3 is 2.87 bits per heavy atom. The number of aromatic nitrogens is 3. The zero-order valence-corrected chi connectivity index (χ0v) is 14.1. The molecule has 0 bridgehead atoms. The van der Waals surface area contributed by atoms with E-state index >= 15 is 0 Å². The van der Waals surface area contributed by atoms with Gasteiger partial charge in [0.05, 0.1) is 17.6 Å². The molecule has 0 atom stereocenters. The zero-order valence-electron chi connectivity index (χ0n) is 13.2. The summed E-state index contributed by atoms with van der Waals surface area (Å²) >= 11 is 1.69. The highest BCUT2D eigenvalue weighted by molar-refractivity contribution is 7.08. The number of anilines is 2. The van der Waals surface area contributed by atoms with E-state index in [1.54, 1.807) is 11.3 Å². The van der Waals surface area contributed by atoms with Gasteiger partial charge in [0, 0.05) is 30.1 Å². The van der Waals surface area contributed by atoms with Gasteiger partial charge in [-0.15, -0.1) is 5.10 Å². The third kappa shape index (κ3) is 2.79. The predicted molar refractivity (Wildman–Crippen MR) is 96.3 cm³/mol. The first-order valence-corrected chi connectivity index (χ1v) is 9.15. The molecule has 3 heterocycles. The van der Waals surface area contributed by atoms with Crippen LogP contribution in [-0.4, -0.2) is 27.7 Å². The normalized spacial score (nSPS) is 15.9. The highest BCUT2D eigenvalue weighted by Crippen LogP contribution is 2.28. The Hall–Kier alpha value is -2.08. The third-order valence-corrected chi connectivity index (χ3v) is 5.19. The van der Waals surface area contributed by atoms with Crippen LogP contribution in [-0.2, 0) is 0 Å². The first-order valence-electron chi connectivity index (χ1n) is 8.21. The van der Waals surface area contributed by atoms with Crippen molar-refractivity contribution in [2.75, 3.05) is 17.7 Å². The average Bonchev–Trinajstić information content (AvgIpc) is 3.24.